The van der Waals surface area contributed by atoms with Gasteiger partial charge in [-0.2, -0.15) is 0 Å². The molecule has 0 fully saturated rings. The van der Waals surface area contributed by atoms with Crippen molar-refractivity contribution in [2.24, 2.45) is 0 Å². The first-order valence-electron chi connectivity index (χ1n) is 12.2. The number of aromatic nitrogens is 1. The van der Waals surface area contributed by atoms with Crippen molar-refractivity contribution in [2.75, 3.05) is 0 Å². The van der Waals surface area contributed by atoms with Crippen molar-refractivity contribution in [3.8, 4) is 16.8 Å². The van der Waals surface area contributed by atoms with E-state index in [9.17, 15) is 0 Å². The minimum absolute atomic E-state index is 0.0936. The van der Waals surface area contributed by atoms with Gasteiger partial charge in [0.1, 0.15) is 11.2 Å². The van der Waals surface area contributed by atoms with Crippen LogP contribution in [0.15, 0.2) is 108 Å². The molecule has 0 radical (unpaired) electrons. The van der Waals surface area contributed by atoms with Gasteiger partial charge < -0.3 is 8.98 Å². The van der Waals surface area contributed by atoms with Crippen LogP contribution < -0.4 is 0 Å². The summed E-state index contributed by atoms with van der Waals surface area (Å²) >= 11 is 0. The minimum Gasteiger partial charge on any atom is -0.455 e. The number of hydrogen-bond acceptors (Lipinski definition) is 1. The first-order valence-corrected chi connectivity index (χ1v) is 12.2. The summed E-state index contributed by atoms with van der Waals surface area (Å²) in [5.41, 5.74) is 10.9. The average molecular weight is 450 g/mol. The second-order valence-electron chi connectivity index (χ2n) is 10.2. The number of fused-ring (bicyclic) bond motifs is 10. The molecule has 0 unspecified atom stereocenters. The van der Waals surface area contributed by atoms with Crippen LogP contribution in [-0.4, -0.2) is 4.57 Å². The average Bonchev–Trinajstić information content (AvgIpc) is 3.50. The van der Waals surface area contributed by atoms with Crippen molar-refractivity contribution in [3.05, 3.63) is 114 Å². The molecule has 0 spiro atoms. The lowest BCUT2D eigenvalue weighted by Gasteiger charge is -2.25. The van der Waals surface area contributed by atoms with E-state index in [0.717, 1.165) is 11.2 Å². The normalized spacial score (nSPS) is 14.2. The predicted molar refractivity (Wildman–Crippen MR) is 146 cm³/mol. The quantitative estimate of drug-likeness (QED) is 0.244. The number of furan rings is 1. The van der Waals surface area contributed by atoms with Gasteiger partial charge in [0.05, 0.1) is 22.1 Å². The molecule has 1 aliphatic carbocycles. The highest BCUT2D eigenvalue weighted by Gasteiger charge is 2.38. The maximum absolute atomic E-state index is 6.49. The fourth-order valence-electron chi connectivity index (χ4n) is 6.50. The van der Waals surface area contributed by atoms with Crippen molar-refractivity contribution in [3.63, 3.8) is 0 Å². The van der Waals surface area contributed by atoms with E-state index >= 15 is 0 Å². The number of benzene rings is 5. The molecule has 2 nitrogen and oxygen atoms in total. The number of hydrogen-bond donors (Lipinski definition) is 0. The summed E-state index contributed by atoms with van der Waals surface area (Å²) in [7, 11) is 0. The van der Waals surface area contributed by atoms with Crippen molar-refractivity contribution < 1.29 is 4.42 Å². The molecule has 2 heterocycles. The Balaban J connectivity index is 1.55. The van der Waals surface area contributed by atoms with Crippen molar-refractivity contribution in [1.82, 2.24) is 4.57 Å². The molecule has 0 aliphatic heterocycles. The second-order valence-corrected chi connectivity index (χ2v) is 10.2. The van der Waals surface area contributed by atoms with Gasteiger partial charge in [-0.1, -0.05) is 86.6 Å². The lowest BCUT2D eigenvalue weighted by Crippen LogP contribution is -2.17. The zero-order valence-electron chi connectivity index (χ0n) is 19.7. The van der Waals surface area contributed by atoms with E-state index in [1.165, 1.54) is 60.5 Å². The van der Waals surface area contributed by atoms with Gasteiger partial charge in [-0.05, 0) is 52.6 Å². The zero-order chi connectivity index (χ0) is 23.3. The van der Waals surface area contributed by atoms with Crippen LogP contribution in [0.5, 0.6) is 0 Å². The molecule has 0 bridgehead atoms. The lowest BCUT2D eigenvalue weighted by atomic mass is 9.81. The van der Waals surface area contributed by atoms with Crippen LogP contribution in [0.25, 0.3) is 60.6 Å². The van der Waals surface area contributed by atoms with Crippen LogP contribution in [0.2, 0.25) is 0 Å². The van der Waals surface area contributed by atoms with Gasteiger partial charge in [-0.25, -0.2) is 0 Å². The lowest BCUT2D eigenvalue weighted by molar-refractivity contribution is 0.656. The van der Waals surface area contributed by atoms with Crippen molar-refractivity contribution in [1.29, 1.82) is 0 Å². The molecule has 2 aromatic heterocycles. The molecule has 0 atom stereocenters. The van der Waals surface area contributed by atoms with Crippen LogP contribution >= 0.6 is 0 Å². The highest BCUT2D eigenvalue weighted by molar-refractivity contribution is 6.23. The van der Waals surface area contributed by atoms with Crippen LogP contribution in [0.4, 0.5) is 0 Å². The topological polar surface area (TPSA) is 18.1 Å². The van der Waals surface area contributed by atoms with Crippen LogP contribution in [0.1, 0.15) is 25.0 Å². The smallest absolute Gasteiger partial charge is 0.145 e. The maximum Gasteiger partial charge on any atom is 0.145 e. The summed E-state index contributed by atoms with van der Waals surface area (Å²) in [6, 6.07) is 37.2. The van der Waals surface area contributed by atoms with E-state index in [-0.39, 0.29) is 5.41 Å². The minimum atomic E-state index is -0.0936. The molecule has 1 aliphatic rings. The molecule has 35 heavy (non-hydrogen) atoms. The third kappa shape index (κ3) is 2.29. The molecule has 0 saturated heterocycles. The summed E-state index contributed by atoms with van der Waals surface area (Å²) in [5.74, 6) is 0. The largest absolute Gasteiger partial charge is 0.455 e. The molecule has 0 saturated carbocycles. The maximum atomic E-state index is 6.49. The molecular formula is C33H23NO. The van der Waals surface area contributed by atoms with Gasteiger partial charge in [-0.3, -0.25) is 0 Å². The molecule has 8 rings (SSSR count). The summed E-state index contributed by atoms with van der Waals surface area (Å²) in [5, 5.41) is 4.73. The number of para-hydroxylation sites is 2. The highest BCUT2D eigenvalue weighted by atomic mass is 16.3. The fourth-order valence-corrected chi connectivity index (χ4v) is 6.50. The van der Waals surface area contributed by atoms with E-state index in [4.69, 9.17) is 4.42 Å². The highest BCUT2D eigenvalue weighted by Crippen LogP contribution is 2.52. The summed E-state index contributed by atoms with van der Waals surface area (Å²) in [6.07, 6.45) is 0. The first kappa shape index (κ1) is 19.1. The van der Waals surface area contributed by atoms with Gasteiger partial charge in [-0.15, -0.1) is 0 Å². The Morgan fingerprint density at radius 1 is 0.600 bits per heavy atom. The predicted octanol–water partition coefficient (Wildman–Crippen LogP) is 8.99. The van der Waals surface area contributed by atoms with Crippen LogP contribution in [0.3, 0.4) is 0 Å². The van der Waals surface area contributed by atoms with E-state index in [0.29, 0.717) is 0 Å². The Bertz CT molecular complexity index is 1980. The third-order valence-corrected chi connectivity index (χ3v) is 7.98. The Morgan fingerprint density at radius 2 is 1.34 bits per heavy atom. The molecule has 0 amide bonds. The van der Waals surface area contributed by atoms with Crippen molar-refractivity contribution in [2.45, 2.75) is 19.3 Å². The summed E-state index contributed by atoms with van der Waals surface area (Å²) in [6.45, 7) is 4.71. The zero-order valence-corrected chi connectivity index (χ0v) is 19.7. The van der Waals surface area contributed by atoms with Crippen molar-refractivity contribution >= 4 is 43.7 Å². The molecule has 166 valence electrons. The molecule has 7 aromatic rings. The van der Waals surface area contributed by atoms with Gasteiger partial charge in [0.25, 0.3) is 0 Å². The number of rotatable bonds is 1. The van der Waals surface area contributed by atoms with Gasteiger partial charge in [0, 0.05) is 21.6 Å². The number of nitrogens with zero attached hydrogens (tertiary/aromatic N) is 1. The van der Waals surface area contributed by atoms with Crippen LogP contribution in [0, 0.1) is 0 Å². The van der Waals surface area contributed by atoms with Gasteiger partial charge in [0.15, 0.2) is 0 Å². The monoisotopic (exact) mass is 449 g/mol. The second kappa shape index (κ2) is 6.43. The summed E-state index contributed by atoms with van der Waals surface area (Å²) in [4.78, 5) is 0. The van der Waals surface area contributed by atoms with E-state index in [2.05, 4.69) is 115 Å². The molecule has 2 heteroatoms. The molecule has 5 aromatic carbocycles. The van der Waals surface area contributed by atoms with Gasteiger partial charge in [0.2, 0.25) is 0 Å². The third-order valence-electron chi connectivity index (χ3n) is 7.98. The SMILES string of the molecule is CC1(C)c2ccccc2-c2cccc(-n3c4ccccc4c4c5oc6ccccc6c5ccc43)c21. The molecule has 0 N–H and O–H groups in total. The first-order chi connectivity index (χ1) is 17.1. The standard InChI is InChI=1S/C33H23NO/c1-33(2)25-14-6-3-10-20(25)22-13-9-16-28(31(22)33)34-26-15-7-4-12-24(26)30-27(34)19-18-23-21-11-5-8-17-29(21)35-32(23)30/h3-19H,1-2H3. The Kier molecular flexibility index (Phi) is 3.50. The van der Waals surface area contributed by atoms with Crippen LogP contribution in [-0.2, 0) is 5.41 Å². The fraction of sp³-hybridized carbons (Fsp3) is 0.0909. The Hall–Kier alpha value is -4.30. The molecular weight excluding hydrogens is 426 g/mol. The van der Waals surface area contributed by atoms with E-state index < -0.39 is 0 Å². The van der Waals surface area contributed by atoms with E-state index in [1.807, 2.05) is 6.07 Å². The van der Waals surface area contributed by atoms with E-state index in [1.54, 1.807) is 0 Å². The Morgan fingerprint density at radius 3 is 2.26 bits per heavy atom. The Labute approximate surface area is 203 Å². The summed E-state index contributed by atoms with van der Waals surface area (Å²) < 4.78 is 8.94. The van der Waals surface area contributed by atoms with Gasteiger partial charge >= 0.3 is 0 Å².